The molecule has 134 valence electrons. The molecular formula is C16H26N4O3S. The Morgan fingerprint density at radius 3 is 2.54 bits per heavy atom. The lowest BCUT2D eigenvalue weighted by Crippen LogP contribution is -2.43. The summed E-state index contributed by atoms with van der Waals surface area (Å²) in [6, 6.07) is 0. The Bertz CT molecular complexity index is 574. The van der Waals surface area contributed by atoms with Crippen LogP contribution in [-0.2, 0) is 16.0 Å². The number of rotatable bonds is 4. The van der Waals surface area contributed by atoms with Gasteiger partial charge in [-0.3, -0.25) is 4.79 Å². The van der Waals surface area contributed by atoms with E-state index in [1.165, 1.54) is 11.3 Å². The molecule has 2 rings (SSSR count). The quantitative estimate of drug-likeness (QED) is 0.898. The third kappa shape index (κ3) is 5.43. The fourth-order valence-electron chi connectivity index (χ4n) is 2.48. The van der Waals surface area contributed by atoms with Crippen LogP contribution in [-0.4, -0.2) is 45.8 Å². The average molecular weight is 354 g/mol. The Kier molecular flexibility index (Phi) is 6.15. The summed E-state index contributed by atoms with van der Waals surface area (Å²) in [5.74, 6) is -0.153. The molecule has 1 aliphatic rings. The van der Waals surface area contributed by atoms with Crippen molar-refractivity contribution in [1.29, 1.82) is 0 Å². The highest BCUT2D eigenvalue weighted by molar-refractivity contribution is 7.15. The molecule has 0 spiro atoms. The monoisotopic (exact) mass is 354 g/mol. The maximum absolute atomic E-state index is 12.3. The smallest absolute Gasteiger partial charge is 0.410 e. The van der Waals surface area contributed by atoms with Crippen molar-refractivity contribution in [2.75, 3.05) is 18.4 Å². The normalized spacial score (nSPS) is 16.1. The lowest BCUT2D eigenvalue weighted by molar-refractivity contribution is -0.121. The number of carbonyl (C=O) groups is 2. The molecule has 1 aliphatic heterocycles. The largest absolute Gasteiger partial charge is 0.444 e. The first-order valence-electron chi connectivity index (χ1n) is 8.39. The van der Waals surface area contributed by atoms with Crippen LogP contribution in [0.25, 0.3) is 0 Å². The van der Waals surface area contributed by atoms with Crippen molar-refractivity contribution in [1.82, 2.24) is 15.1 Å². The number of nitrogens with zero attached hydrogens (tertiary/aromatic N) is 3. The molecule has 8 heteroatoms. The van der Waals surface area contributed by atoms with Crippen molar-refractivity contribution < 1.29 is 14.3 Å². The highest BCUT2D eigenvalue weighted by atomic mass is 32.1. The molecule has 0 atom stereocenters. The van der Waals surface area contributed by atoms with E-state index >= 15 is 0 Å². The third-order valence-corrected chi connectivity index (χ3v) is 4.58. The molecule has 0 radical (unpaired) electrons. The molecule has 2 heterocycles. The van der Waals surface area contributed by atoms with Crippen LogP contribution in [0.4, 0.5) is 9.93 Å². The zero-order chi connectivity index (χ0) is 17.7. The van der Waals surface area contributed by atoms with Gasteiger partial charge in [-0.05, 0) is 40.0 Å². The van der Waals surface area contributed by atoms with Crippen molar-refractivity contribution in [2.45, 2.75) is 59.0 Å². The fraction of sp³-hybridized carbons (Fsp3) is 0.750. The summed E-state index contributed by atoms with van der Waals surface area (Å²) in [5, 5.41) is 12.4. The Balaban J connectivity index is 1.80. The third-order valence-electron chi connectivity index (χ3n) is 3.68. The van der Waals surface area contributed by atoms with Crippen LogP contribution >= 0.6 is 11.3 Å². The number of hydrogen-bond acceptors (Lipinski definition) is 6. The van der Waals surface area contributed by atoms with Crippen molar-refractivity contribution >= 4 is 28.5 Å². The second-order valence-electron chi connectivity index (χ2n) is 6.98. The Morgan fingerprint density at radius 1 is 1.29 bits per heavy atom. The Morgan fingerprint density at radius 2 is 1.96 bits per heavy atom. The summed E-state index contributed by atoms with van der Waals surface area (Å²) in [6.07, 6.45) is 2.83. The number of anilines is 1. The van der Waals surface area contributed by atoms with Gasteiger partial charge in [0, 0.05) is 25.4 Å². The minimum atomic E-state index is -0.501. The van der Waals surface area contributed by atoms with E-state index in [4.69, 9.17) is 4.74 Å². The van der Waals surface area contributed by atoms with Crippen LogP contribution in [0.15, 0.2) is 0 Å². The first-order valence-corrected chi connectivity index (χ1v) is 9.21. The molecule has 1 aromatic heterocycles. The number of aromatic nitrogens is 2. The van der Waals surface area contributed by atoms with Crippen LogP contribution in [0.3, 0.4) is 0 Å². The van der Waals surface area contributed by atoms with Crippen molar-refractivity contribution in [2.24, 2.45) is 5.92 Å². The van der Waals surface area contributed by atoms with Crippen molar-refractivity contribution in [3.63, 3.8) is 0 Å². The zero-order valence-corrected chi connectivity index (χ0v) is 15.6. The summed E-state index contributed by atoms with van der Waals surface area (Å²) in [7, 11) is 0. The average Bonchev–Trinajstić information content (AvgIpc) is 2.93. The molecule has 0 aromatic carbocycles. The van der Waals surface area contributed by atoms with E-state index in [2.05, 4.69) is 22.4 Å². The molecule has 24 heavy (non-hydrogen) atoms. The number of aryl methyl sites for hydroxylation is 1. The van der Waals surface area contributed by atoms with Crippen LogP contribution in [0, 0.1) is 5.92 Å². The van der Waals surface area contributed by atoms with Crippen LogP contribution in [0.5, 0.6) is 0 Å². The van der Waals surface area contributed by atoms with Gasteiger partial charge in [0.2, 0.25) is 11.0 Å². The molecule has 0 unspecified atom stereocenters. The maximum atomic E-state index is 12.3. The van der Waals surface area contributed by atoms with Gasteiger partial charge in [0.05, 0.1) is 0 Å². The summed E-state index contributed by atoms with van der Waals surface area (Å²) in [4.78, 5) is 26.0. The first-order chi connectivity index (χ1) is 11.3. The molecular weight excluding hydrogens is 328 g/mol. The van der Waals surface area contributed by atoms with Crippen LogP contribution < -0.4 is 5.32 Å². The SMILES string of the molecule is CCCc1nnc(NC(=O)C2CCN(C(=O)OC(C)(C)C)CC2)s1. The molecule has 1 aromatic rings. The number of piperidine rings is 1. The van der Waals surface area contributed by atoms with Crippen LogP contribution in [0.2, 0.25) is 0 Å². The summed E-state index contributed by atoms with van der Waals surface area (Å²) in [6.45, 7) is 8.69. The Labute approximate surface area is 146 Å². The Hall–Kier alpha value is -1.70. The standard InChI is InChI=1S/C16H26N4O3S/c1-5-6-12-18-19-14(24-12)17-13(21)11-7-9-20(10-8-11)15(22)23-16(2,3)4/h11H,5-10H2,1-4H3,(H,17,19,21). The molecule has 1 N–H and O–H groups in total. The predicted molar refractivity (Wildman–Crippen MR) is 93.1 cm³/mol. The number of hydrogen-bond donors (Lipinski definition) is 1. The van der Waals surface area contributed by atoms with Gasteiger partial charge in [-0.15, -0.1) is 10.2 Å². The number of likely N-dealkylation sites (tertiary alicyclic amines) is 1. The van der Waals surface area contributed by atoms with Crippen LogP contribution in [0.1, 0.15) is 52.0 Å². The highest BCUT2D eigenvalue weighted by Crippen LogP contribution is 2.23. The highest BCUT2D eigenvalue weighted by Gasteiger charge is 2.30. The molecule has 1 saturated heterocycles. The van der Waals surface area contributed by atoms with Gasteiger partial charge in [-0.2, -0.15) is 0 Å². The van der Waals surface area contributed by atoms with E-state index in [1.807, 2.05) is 20.8 Å². The number of carbonyl (C=O) groups excluding carboxylic acids is 2. The molecule has 1 fully saturated rings. The van der Waals surface area contributed by atoms with E-state index < -0.39 is 5.60 Å². The number of ether oxygens (including phenoxy) is 1. The lowest BCUT2D eigenvalue weighted by atomic mass is 9.96. The lowest BCUT2D eigenvalue weighted by Gasteiger charge is -2.32. The predicted octanol–water partition coefficient (Wildman–Crippen LogP) is 3.08. The fourth-order valence-corrected chi connectivity index (χ4v) is 3.32. The van der Waals surface area contributed by atoms with E-state index in [1.54, 1.807) is 4.90 Å². The minimum Gasteiger partial charge on any atom is -0.444 e. The molecule has 2 amide bonds. The topological polar surface area (TPSA) is 84.4 Å². The van der Waals surface area contributed by atoms with Gasteiger partial charge >= 0.3 is 6.09 Å². The van der Waals surface area contributed by atoms with E-state index in [-0.39, 0.29) is 17.9 Å². The summed E-state index contributed by atoms with van der Waals surface area (Å²) in [5.41, 5.74) is -0.501. The number of amides is 2. The first kappa shape index (κ1) is 18.6. The number of nitrogens with one attached hydrogen (secondary N) is 1. The second kappa shape index (κ2) is 7.92. The minimum absolute atomic E-state index is 0.0435. The van der Waals surface area contributed by atoms with E-state index in [0.29, 0.717) is 31.1 Å². The molecule has 7 nitrogen and oxygen atoms in total. The van der Waals surface area contributed by atoms with Gasteiger partial charge < -0.3 is 15.0 Å². The summed E-state index contributed by atoms with van der Waals surface area (Å²) < 4.78 is 5.36. The molecule has 0 saturated carbocycles. The van der Waals surface area contributed by atoms with Gasteiger partial charge in [0.25, 0.3) is 0 Å². The van der Waals surface area contributed by atoms with E-state index in [0.717, 1.165) is 17.8 Å². The van der Waals surface area contributed by atoms with E-state index in [9.17, 15) is 9.59 Å². The summed E-state index contributed by atoms with van der Waals surface area (Å²) >= 11 is 1.42. The van der Waals surface area contributed by atoms with Crippen molar-refractivity contribution in [3.8, 4) is 0 Å². The molecule has 0 aliphatic carbocycles. The zero-order valence-electron chi connectivity index (χ0n) is 14.8. The van der Waals surface area contributed by atoms with Crippen molar-refractivity contribution in [3.05, 3.63) is 5.01 Å². The van der Waals surface area contributed by atoms with Gasteiger partial charge in [0.15, 0.2) is 0 Å². The second-order valence-corrected chi connectivity index (χ2v) is 8.04. The van der Waals surface area contributed by atoms with Gasteiger partial charge in [0.1, 0.15) is 10.6 Å². The maximum Gasteiger partial charge on any atom is 0.410 e. The molecule has 0 bridgehead atoms. The van der Waals surface area contributed by atoms with Gasteiger partial charge in [-0.25, -0.2) is 4.79 Å². The van der Waals surface area contributed by atoms with Gasteiger partial charge in [-0.1, -0.05) is 18.3 Å².